The van der Waals surface area contributed by atoms with E-state index in [1.54, 1.807) is 0 Å². The fourth-order valence-corrected chi connectivity index (χ4v) is 2.10. The third-order valence-corrected chi connectivity index (χ3v) is 2.81. The average Bonchev–Trinajstić information content (AvgIpc) is 2.28. The number of phosphoric ester groups is 1. The minimum Gasteiger partial charge on any atom is -0.507 e. The van der Waals surface area contributed by atoms with Crippen molar-refractivity contribution in [2.45, 2.75) is 0 Å². The highest BCUT2D eigenvalue weighted by Gasteiger charge is 2.23. The van der Waals surface area contributed by atoms with E-state index in [9.17, 15) is 19.8 Å². The van der Waals surface area contributed by atoms with Crippen molar-refractivity contribution in [2.75, 3.05) is 0 Å². The summed E-state index contributed by atoms with van der Waals surface area (Å²) in [7, 11) is -4.86. The maximum atomic E-state index is 10.9. The summed E-state index contributed by atoms with van der Waals surface area (Å²) in [6, 6.07) is 6.07. The number of hydrogen-bond acceptors (Lipinski definition) is 5. The summed E-state index contributed by atoms with van der Waals surface area (Å²) >= 11 is 0. The van der Waals surface area contributed by atoms with Crippen LogP contribution in [0.3, 0.4) is 0 Å². The lowest BCUT2D eigenvalue weighted by Crippen LogP contribution is -1.95. The second-order valence-corrected chi connectivity index (χ2v) is 4.79. The van der Waals surface area contributed by atoms with E-state index in [0.717, 1.165) is 12.1 Å². The van der Waals surface area contributed by atoms with Gasteiger partial charge < -0.3 is 9.63 Å². The predicted molar refractivity (Wildman–Crippen MR) is 64.9 cm³/mol. The minimum atomic E-state index is -4.86. The van der Waals surface area contributed by atoms with Crippen molar-refractivity contribution in [2.24, 2.45) is 0 Å². The number of phenols is 1. The van der Waals surface area contributed by atoms with Gasteiger partial charge in [-0.2, -0.15) is 0 Å². The molecule has 0 atom stereocenters. The van der Waals surface area contributed by atoms with Gasteiger partial charge >= 0.3 is 7.82 Å². The highest BCUT2D eigenvalue weighted by Crippen LogP contribution is 2.45. The van der Waals surface area contributed by atoms with Crippen molar-refractivity contribution in [1.82, 2.24) is 0 Å². The van der Waals surface area contributed by atoms with Gasteiger partial charge in [0.15, 0.2) is 0 Å². The molecule has 0 saturated carbocycles. The fourth-order valence-electron chi connectivity index (χ4n) is 1.70. The first-order valence-electron chi connectivity index (χ1n) is 4.94. The summed E-state index contributed by atoms with van der Waals surface area (Å²) in [6.45, 7) is 0. The molecule has 2 rings (SSSR count). The second kappa shape index (κ2) is 4.51. The molecule has 0 amide bonds. The van der Waals surface area contributed by atoms with Gasteiger partial charge in [-0.15, -0.1) is 0 Å². The standard InChI is InChI=1S/C10H8NO7P/c12-8-5-4-7(11(13)14)10-6(8)2-1-3-9(10)18-19(15,16)17/h1-5,12H,(H2,15,16,17). The molecule has 2 aromatic rings. The largest absolute Gasteiger partial charge is 0.524 e. The molecule has 0 aliphatic rings. The first-order valence-corrected chi connectivity index (χ1v) is 6.47. The van der Waals surface area contributed by atoms with Gasteiger partial charge in [0.1, 0.15) is 16.9 Å². The monoisotopic (exact) mass is 285 g/mol. The molecule has 9 heteroatoms. The van der Waals surface area contributed by atoms with Gasteiger partial charge in [-0.25, -0.2) is 4.57 Å². The molecule has 8 nitrogen and oxygen atoms in total. The van der Waals surface area contributed by atoms with E-state index in [1.807, 2.05) is 0 Å². The molecule has 0 unspecified atom stereocenters. The Morgan fingerprint density at radius 3 is 2.47 bits per heavy atom. The van der Waals surface area contributed by atoms with Gasteiger partial charge in [0.05, 0.1) is 4.92 Å². The van der Waals surface area contributed by atoms with E-state index in [4.69, 9.17) is 9.79 Å². The molecule has 0 bridgehead atoms. The molecule has 19 heavy (non-hydrogen) atoms. The van der Waals surface area contributed by atoms with E-state index >= 15 is 0 Å². The van der Waals surface area contributed by atoms with Crippen LogP contribution in [0.15, 0.2) is 30.3 Å². The number of benzene rings is 2. The van der Waals surface area contributed by atoms with E-state index < -0.39 is 18.4 Å². The molecule has 0 aliphatic heterocycles. The van der Waals surface area contributed by atoms with Gasteiger partial charge in [-0.05, 0) is 12.1 Å². The van der Waals surface area contributed by atoms with Crippen molar-refractivity contribution in [3.63, 3.8) is 0 Å². The summed E-state index contributed by atoms with van der Waals surface area (Å²) in [5, 5.41) is 20.4. The topological polar surface area (TPSA) is 130 Å². The zero-order valence-electron chi connectivity index (χ0n) is 9.26. The van der Waals surface area contributed by atoms with Crippen molar-refractivity contribution in [3.05, 3.63) is 40.4 Å². The Kier molecular flexibility index (Phi) is 3.15. The summed E-state index contributed by atoms with van der Waals surface area (Å²) in [4.78, 5) is 27.8. The lowest BCUT2D eigenvalue weighted by Gasteiger charge is -2.10. The van der Waals surface area contributed by atoms with E-state index in [0.29, 0.717) is 0 Å². The second-order valence-electron chi connectivity index (χ2n) is 3.62. The number of rotatable bonds is 3. The number of non-ortho nitro benzene ring substituents is 1. The lowest BCUT2D eigenvalue weighted by atomic mass is 10.1. The van der Waals surface area contributed by atoms with Gasteiger partial charge in [-0.3, -0.25) is 19.9 Å². The van der Waals surface area contributed by atoms with Crippen LogP contribution in [0.1, 0.15) is 0 Å². The van der Waals surface area contributed by atoms with Crippen LogP contribution < -0.4 is 4.52 Å². The maximum absolute atomic E-state index is 10.9. The van der Waals surface area contributed by atoms with Crippen molar-refractivity contribution in [1.29, 1.82) is 0 Å². The molecule has 0 radical (unpaired) electrons. The van der Waals surface area contributed by atoms with Crippen molar-refractivity contribution in [3.8, 4) is 11.5 Å². The molecule has 0 aliphatic carbocycles. The SMILES string of the molecule is O=[N+]([O-])c1ccc(O)c2cccc(OP(=O)(O)O)c12. The van der Waals surface area contributed by atoms with Crippen LogP contribution in [-0.4, -0.2) is 19.8 Å². The van der Waals surface area contributed by atoms with Crippen LogP contribution in [0.25, 0.3) is 10.8 Å². The van der Waals surface area contributed by atoms with Gasteiger partial charge in [0.2, 0.25) is 0 Å². The molecule has 0 saturated heterocycles. The third-order valence-electron chi connectivity index (χ3n) is 2.37. The van der Waals surface area contributed by atoms with Crippen molar-refractivity contribution < 1.29 is 28.9 Å². The molecule has 0 heterocycles. The number of phenolic OH excluding ortho intramolecular Hbond substituents is 1. The Bertz CT molecular complexity index is 708. The van der Waals surface area contributed by atoms with E-state index in [1.165, 1.54) is 18.2 Å². The number of nitro benzene ring substituents is 1. The zero-order valence-corrected chi connectivity index (χ0v) is 10.2. The van der Waals surface area contributed by atoms with Crippen LogP contribution in [0.2, 0.25) is 0 Å². The normalized spacial score (nSPS) is 11.5. The molecule has 0 fully saturated rings. The van der Waals surface area contributed by atoms with E-state index in [2.05, 4.69) is 4.52 Å². The number of nitrogens with zero attached hydrogens (tertiary/aromatic N) is 1. The zero-order chi connectivity index (χ0) is 14.2. The predicted octanol–water partition coefficient (Wildman–Crippen LogP) is 1.93. The molecule has 3 N–H and O–H groups in total. The first-order chi connectivity index (χ1) is 8.79. The number of hydrogen-bond donors (Lipinski definition) is 3. The van der Waals surface area contributed by atoms with Gasteiger partial charge in [-0.1, -0.05) is 12.1 Å². The number of phosphoric acid groups is 1. The summed E-state index contributed by atoms with van der Waals surface area (Å²) in [5.41, 5.74) is -0.420. The summed E-state index contributed by atoms with van der Waals surface area (Å²) in [6.07, 6.45) is 0. The first kappa shape index (κ1) is 13.3. The Hall–Kier alpha value is -2.15. The summed E-state index contributed by atoms with van der Waals surface area (Å²) < 4.78 is 15.3. The Labute approximate surface area is 106 Å². The third kappa shape index (κ3) is 2.65. The smallest absolute Gasteiger partial charge is 0.507 e. The van der Waals surface area contributed by atoms with Gasteiger partial charge in [0.25, 0.3) is 5.69 Å². The van der Waals surface area contributed by atoms with Crippen LogP contribution in [0, 0.1) is 10.1 Å². The highest BCUT2D eigenvalue weighted by molar-refractivity contribution is 7.46. The number of aromatic hydroxyl groups is 1. The fraction of sp³-hybridized carbons (Fsp3) is 0. The molecular formula is C10H8NO7P. The molecular weight excluding hydrogens is 277 g/mol. The van der Waals surface area contributed by atoms with Crippen LogP contribution in [-0.2, 0) is 4.57 Å². The Morgan fingerprint density at radius 1 is 1.21 bits per heavy atom. The average molecular weight is 285 g/mol. The van der Waals surface area contributed by atoms with Crippen LogP contribution in [0.4, 0.5) is 5.69 Å². The molecule has 0 spiro atoms. The molecule has 2 aromatic carbocycles. The number of nitro groups is 1. The minimum absolute atomic E-state index is 0.0696. The Balaban J connectivity index is 2.81. The van der Waals surface area contributed by atoms with Crippen LogP contribution >= 0.6 is 7.82 Å². The Morgan fingerprint density at radius 2 is 1.89 bits per heavy atom. The molecule has 0 aromatic heterocycles. The highest BCUT2D eigenvalue weighted by atomic mass is 31.2. The van der Waals surface area contributed by atoms with Crippen molar-refractivity contribution >= 4 is 24.3 Å². The summed E-state index contributed by atoms with van der Waals surface area (Å²) in [5.74, 6) is -0.620. The maximum Gasteiger partial charge on any atom is 0.524 e. The lowest BCUT2D eigenvalue weighted by molar-refractivity contribution is -0.383. The quantitative estimate of drug-likeness (QED) is 0.446. The van der Waals surface area contributed by atoms with Crippen LogP contribution in [0.5, 0.6) is 11.5 Å². The van der Waals surface area contributed by atoms with Gasteiger partial charge in [0, 0.05) is 11.5 Å². The van der Waals surface area contributed by atoms with E-state index in [-0.39, 0.29) is 22.3 Å². The molecule has 100 valence electrons. The number of fused-ring (bicyclic) bond motifs is 1.